The fraction of sp³-hybridized carbons (Fsp3) is 0.750. The van der Waals surface area contributed by atoms with Crippen molar-refractivity contribution >= 4 is 0 Å². The van der Waals surface area contributed by atoms with Crippen molar-refractivity contribution in [1.82, 2.24) is 0 Å². The highest BCUT2D eigenvalue weighted by Gasteiger charge is 2.34. The Labute approximate surface area is 107 Å². The van der Waals surface area contributed by atoms with Crippen molar-refractivity contribution in [3.8, 4) is 0 Å². The summed E-state index contributed by atoms with van der Waals surface area (Å²) in [6, 6.07) is 0. The molecule has 0 saturated heterocycles. The molecule has 0 radical (unpaired) electrons. The molecule has 0 aromatic rings. The van der Waals surface area contributed by atoms with Gasteiger partial charge in [-0.05, 0) is 38.0 Å². The van der Waals surface area contributed by atoms with Crippen molar-refractivity contribution in [3.63, 3.8) is 0 Å². The van der Waals surface area contributed by atoms with Gasteiger partial charge in [0.05, 0.1) is 6.10 Å². The van der Waals surface area contributed by atoms with Crippen molar-refractivity contribution in [2.75, 3.05) is 0 Å². The second-order valence-electron chi connectivity index (χ2n) is 5.38. The third kappa shape index (κ3) is 7.38. The van der Waals surface area contributed by atoms with Crippen LogP contribution in [0.4, 0.5) is 0 Å². The fourth-order valence-electron chi connectivity index (χ4n) is 2.38. The molecule has 0 unspecified atom stereocenters. The molecule has 1 nitrogen and oxygen atoms in total. The van der Waals surface area contributed by atoms with Crippen LogP contribution in [0.25, 0.3) is 0 Å². The number of allylic oxidation sites excluding steroid dienone is 3. The van der Waals surface area contributed by atoms with Gasteiger partial charge in [0.1, 0.15) is 0 Å². The molecule has 1 rings (SSSR count). The predicted molar refractivity (Wildman–Crippen MR) is 74.9 cm³/mol. The summed E-state index contributed by atoms with van der Waals surface area (Å²) in [6.07, 6.45) is 17.4. The number of rotatable bonds is 9. The summed E-state index contributed by atoms with van der Waals surface area (Å²) in [5.41, 5.74) is 0. The van der Waals surface area contributed by atoms with Crippen LogP contribution in [0.1, 0.15) is 58.8 Å². The maximum atomic E-state index is 9.02. The Morgan fingerprint density at radius 2 is 1.94 bits per heavy atom. The van der Waals surface area contributed by atoms with E-state index in [0.29, 0.717) is 0 Å². The topological polar surface area (TPSA) is 20.2 Å². The Bertz CT molecular complexity index is 240. The third-order valence-electron chi connectivity index (χ3n) is 3.59. The van der Waals surface area contributed by atoms with Gasteiger partial charge in [0.15, 0.2) is 0 Å². The lowest BCUT2D eigenvalue weighted by molar-refractivity contribution is 0.244. The lowest BCUT2D eigenvalue weighted by atomic mass is 10.1. The molecule has 0 spiro atoms. The Hall–Kier alpha value is -0.560. The summed E-state index contributed by atoms with van der Waals surface area (Å²) in [5, 5.41) is 9.02. The Morgan fingerprint density at radius 1 is 1.18 bits per heavy atom. The van der Waals surface area contributed by atoms with Gasteiger partial charge in [-0.25, -0.2) is 0 Å². The average Bonchev–Trinajstić information content (AvgIpc) is 3.02. The lowest BCUT2D eigenvalue weighted by Crippen LogP contribution is -1.90. The monoisotopic (exact) mass is 236 g/mol. The molecule has 0 bridgehead atoms. The molecule has 0 aliphatic heterocycles. The van der Waals surface area contributed by atoms with Crippen molar-refractivity contribution in [1.29, 1.82) is 0 Å². The fourth-order valence-corrected chi connectivity index (χ4v) is 2.38. The normalized spacial score (nSPS) is 25.8. The molecule has 0 amide bonds. The van der Waals surface area contributed by atoms with Crippen LogP contribution in [-0.2, 0) is 0 Å². The lowest BCUT2D eigenvalue weighted by Gasteiger charge is -1.98. The minimum absolute atomic E-state index is 0.328. The summed E-state index contributed by atoms with van der Waals surface area (Å²) in [5.74, 6) is 2.06. The molecule has 0 heterocycles. The highest BCUT2D eigenvalue weighted by atomic mass is 16.3. The third-order valence-corrected chi connectivity index (χ3v) is 3.59. The van der Waals surface area contributed by atoms with Gasteiger partial charge in [0.2, 0.25) is 0 Å². The maximum Gasteiger partial charge on any atom is 0.0695 e. The summed E-state index contributed by atoms with van der Waals surface area (Å²) in [6.45, 7) is 4.05. The van der Waals surface area contributed by atoms with Crippen molar-refractivity contribution < 1.29 is 5.11 Å². The molecule has 1 heteroatoms. The van der Waals surface area contributed by atoms with E-state index in [1.165, 1.54) is 44.9 Å². The molecule has 3 atom stereocenters. The number of aliphatic hydroxyl groups is 1. The first-order valence-electron chi connectivity index (χ1n) is 7.25. The van der Waals surface area contributed by atoms with E-state index in [-0.39, 0.29) is 6.10 Å². The number of hydrogen-bond donors (Lipinski definition) is 1. The van der Waals surface area contributed by atoms with Crippen molar-refractivity contribution in [3.05, 3.63) is 24.3 Å². The largest absolute Gasteiger partial charge is 0.389 e. The van der Waals surface area contributed by atoms with E-state index in [0.717, 1.165) is 11.8 Å². The van der Waals surface area contributed by atoms with Crippen LogP contribution in [0.5, 0.6) is 0 Å². The Morgan fingerprint density at radius 3 is 2.65 bits per heavy atom. The van der Waals surface area contributed by atoms with E-state index in [1.54, 1.807) is 13.0 Å². The first-order valence-corrected chi connectivity index (χ1v) is 7.25. The number of hydrogen-bond acceptors (Lipinski definition) is 1. The molecule has 98 valence electrons. The van der Waals surface area contributed by atoms with Gasteiger partial charge >= 0.3 is 0 Å². The van der Waals surface area contributed by atoms with E-state index in [9.17, 15) is 0 Å². The van der Waals surface area contributed by atoms with Crippen LogP contribution in [0.3, 0.4) is 0 Å². The number of aliphatic hydroxyl groups excluding tert-OH is 1. The smallest absolute Gasteiger partial charge is 0.0695 e. The maximum absolute atomic E-state index is 9.02. The SMILES string of the molecule is CCCCC[C@@H]1C[C@H]1CC/C=C\C=C\[C@H](C)O. The molecule has 0 aromatic carbocycles. The second-order valence-corrected chi connectivity index (χ2v) is 5.38. The van der Waals surface area contributed by atoms with Gasteiger partial charge in [-0.3, -0.25) is 0 Å². The Kier molecular flexibility index (Phi) is 7.27. The summed E-state index contributed by atoms with van der Waals surface area (Å²) in [7, 11) is 0. The van der Waals surface area contributed by atoms with Crippen molar-refractivity contribution in [2.24, 2.45) is 11.8 Å². The predicted octanol–water partition coefficient (Wildman–Crippen LogP) is 4.48. The van der Waals surface area contributed by atoms with E-state index < -0.39 is 0 Å². The summed E-state index contributed by atoms with van der Waals surface area (Å²) in [4.78, 5) is 0. The van der Waals surface area contributed by atoms with Crippen LogP contribution < -0.4 is 0 Å². The molecular weight excluding hydrogens is 208 g/mol. The van der Waals surface area contributed by atoms with Gasteiger partial charge in [-0.2, -0.15) is 0 Å². The van der Waals surface area contributed by atoms with E-state index in [2.05, 4.69) is 19.1 Å². The molecule has 17 heavy (non-hydrogen) atoms. The highest BCUT2D eigenvalue weighted by Crippen LogP contribution is 2.45. The molecule has 1 saturated carbocycles. The van der Waals surface area contributed by atoms with Gasteiger partial charge in [-0.1, -0.05) is 56.9 Å². The molecule has 0 aromatic heterocycles. The second kappa shape index (κ2) is 8.52. The number of unbranched alkanes of at least 4 members (excludes halogenated alkanes) is 2. The molecule has 1 aliphatic rings. The van der Waals surface area contributed by atoms with Crippen molar-refractivity contribution in [2.45, 2.75) is 64.9 Å². The average molecular weight is 236 g/mol. The minimum Gasteiger partial charge on any atom is -0.389 e. The molecule has 1 aliphatic carbocycles. The zero-order valence-corrected chi connectivity index (χ0v) is 11.4. The van der Waals surface area contributed by atoms with E-state index in [1.807, 2.05) is 6.08 Å². The molecular formula is C16H28O. The zero-order valence-electron chi connectivity index (χ0n) is 11.4. The quantitative estimate of drug-likeness (QED) is 0.462. The first kappa shape index (κ1) is 14.5. The van der Waals surface area contributed by atoms with Gasteiger partial charge in [0, 0.05) is 0 Å². The van der Waals surface area contributed by atoms with E-state index >= 15 is 0 Å². The summed E-state index contributed by atoms with van der Waals surface area (Å²) < 4.78 is 0. The Balaban J connectivity index is 1.95. The van der Waals surface area contributed by atoms with Crippen LogP contribution in [0, 0.1) is 11.8 Å². The van der Waals surface area contributed by atoms with Gasteiger partial charge < -0.3 is 5.11 Å². The van der Waals surface area contributed by atoms with Crippen LogP contribution in [0.15, 0.2) is 24.3 Å². The standard InChI is InChI=1S/C16H28O/c1-3-4-7-11-15-13-16(15)12-9-6-5-8-10-14(2)17/h5-6,8,10,14-17H,3-4,7,9,11-13H2,1-2H3/b6-5-,10-8+/t14-,15+,16+/m0/s1. The highest BCUT2D eigenvalue weighted by molar-refractivity contribution is 5.04. The summed E-state index contributed by atoms with van der Waals surface area (Å²) >= 11 is 0. The zero-order chi connectivity index (χ0) is 12.5. The molecule has 1 fully saturated rings. The van der Waals surface area contributed by atoms with E-state index in [4.69, 9.17) is 5.11 Å². The minimum atomic E-state index is -0.328. The first-order chi connectivity index (χ1) is 8.24. The van der Waals surface area contributed by atoms with Crippen LogP contribution in [0.2, 0.25) is 0 Å². The molecule has 1 N–H and O–H groups in total. The van der Waals surface area contributed by atoms with Gasteiger partial charge in [0.25, 0.3) is 0 Å². The van der Waals surface area contributed by atoms with Crippen LogP contribution >= 0.6 is 0 Å². The van der Waals surface area contributed by atoms with Crippen LogP contribution in [-0.4, -0.2) is 11.2 Å². The van der Waals surface area contributed by atoms with Gasteiger partial charge in [-0.15, -0.1) is 0 Å².